The molecule has 2 N–H and O–H groups in total. The Morgan fingerprint density at radius 3 is 2.86 bits per heavy atom. The van der Waals surface area contributed by atoms with Crippen molar-refractivity contribution < 1.29 is 4.79 Å². The van der Waals surface area contributed by atoms with Crippen LogP contribution in [0.3, 0.4) is 0 Å². The van der Waals surface area contributed by atoms with Crippen LogP contribution < -0.4 is 10.9 Å². The van der Waals surface area contributed by atoms with E-state index in [-0.39, 0.29) is 16.8 Å². The van der Waals surface area contributed by atoms with Gasteiger partial charge < -0.3 is 10.3 Å². The quantitative estimate of drug-likeness (QED) is 0.741. The summed E-state index contributed by atoms with van der Waals surface area (Å²) in [6.07, 6.45) is 2.33. The van der Waals surface area contributed by atoms with Gasteiger partial charge in [0.1, 0.15) is 0 Å². The summed E-state index contributed by atoms with van der Waals surface area (Å²) in [4.78, 5) is 26.8. The van der Waals surface area contributed by atoms with Crippen LogP contribution in [0.2, 0.25) is 0 Å². The average Bonchev–Trinajstić information content (AvgIpc) is 2.92. The number of carbonyl (C=O) groups is 1. The topological polar surface area (TPSA) is 92.2 Å². The van der Waals surface area contributed by atoms with Gasteiger partial charge in [-0.2, -0.15) is 0 Å². The number of rotatable bonds is 4. The van der Waals surface area contributed by atoms with Gasteiger partial charge >= 0.3 is 0 Å². The molecule has 0 bridgehead atoms. The Labute approximate surface area is 126 Å². The predicted octanol–water partition coefficient (Wildman–Crippen LogP) is 0.699. The summed E-state index contributed by atoms with van der Waals surface area (Å²) in [5, 5.41) is 10.4. The van der Waals surface area contributed by atoms with Crippen molar-refractivity contribution >= 4 is 11.4 Å². The highest BCUT2D eigenvalue weighted by Crippen LogP contribution is 2.03. The number of hydrogen-bond donors (Lipinski definition) is 2. The molecule has 1 amide bonds. The van der Waals surface area contributed by atoms with Crippen molar-refractivity contribution in [2.45, 2.75) is 13.3 Å². The number of aryl methyl sites for hydroxylation is 1. The van der Waals surface area contributed by atoms with E-state index in [2.05, 4.69) is 20.6 Å². The Bertz CT molecular complexity index is 867. The van der Waals surface area contributed by atoms with Crippen molar-refractivity contribution in [3.63, 3.8) is 0 Å². The zero-order chi connectivity index (χ0) is 15.5. The molecule has 7 heteroatoms. The van der Waals surface area contributed by atoms with Gasteiger partial charge in [-0.15, -0.1) is 5.10 Å². The maximum atomic E-state index is 12.2. The minimum Gasteiger partial charge on any atom is -0.350 e. The molecule has 2 heterocycles. The van der Waals surface area contributed by atoms with E-state index in [0.717, 1.165) is 5.56 Å². The number of nitrogens with one attached hydrogen (secondary N) is 2. The third-order valence-electron chi connectivity index (χ3n) is 3.29. The normalized spacial score (nSPS) is 10.8. The molecule has 0 aliphatic carbocycles. The number of aromatic amines is 1. The van der Waals surface area contributed by atoms with Crippen LogP contribution in [0, 0.1) is 6.92 Å². The Morgan fingerprint density at radius 1 is 1.32 bits per heavy atom. The summed E-state index contributed by atoms with van der Waals surface area (Å²) in [6, 6.07) is 9.83. The molecule has 7 nitrogen and oxygen atoms in total. The monoisotopic (exact) mass is 297 g/mol. The minimum absolute atomic E-state index is 0.0364. The van der Waals surface area contributed by atoms with Gasteiger partial charge in [0.15, 0.2) is 11.2 Å². The highest BCUT2D eigenvalue weighted by molar-refractivity contribution is 5.98. The summed E-state index contributed by atoms with van der Waals surface area (Å²) in [5.41, 5.74) is 1.60. The number of benzene rings is 1. The summed E-state index contributed by atoms with van der Waals surface area (Å²) < 4.78 is 1.32. The standard InChI is InChI=1S/C15H15N5O2/c1-10-9-20-13(15(22)17-10)12(18-19-20)14(21)16-8-7-11-5-3-2-4-6-11/h2-6,9H,7-8H2,1H3,(H,16,21)(H,17,22). The molecule has 0 radical (unpaired) electrons. The van der Waals surface area contributed by atoms with Crippen LogP contribution in [0.25, 0.3) is 5.52 Å². The summed E-state index contributed by atoms with van der Waals surface area (Å²) in [6.45, 7) is 2.20. The molecule has 0 atom stereocenters. The molecule has 0 aliphatic rings. The molecule has 0 saturated heterocycles. The molecule has 22 heavy (non-hydrogen) atoms. The number of H-pyrrole nitrogens is 1. The van der Waals surface area contributed by atoms with Crippen molar-refractivity contribution in [1.29, 1.82) is 0 Å². The Kier molecular flexibility index (Phi) is 3.69. The van der Waals surface area contributed by atoms with Gasteiger partial charge in [-0.25, -0.2) is 4.52 Å². The van der Waals surface area contributed by atoms with E-state index >= 15 is 0 Å². The first kappa shape index (κ1) is 14.0. The van der Waals surface area contributed by atoms with Crippen LogP contribution >= 0.6 is 0 Å². The Balaban J connectivity index is 1.74. The van der Waals surface area contributed by atoms with Crippen LogP contribution in [0.4, 0.5) is 0 Å². The van der Waals surface area contributed by atoms with E-state index in [1.54, 1.807) is 13.1 Å². The van der Waals surface area contributed by atoms with E-state index in [0.29, 0.717) is 18.7 Å². The molecule has 0 fully saturated rings. The number of hydrogen-bond acceptors (Lipinski definition) is 4. The lowest BCUT2D eigenvalue weighted by Crippen LogP contribution is -2.27. The van der Waals surface area contributed by atoms with E-state index < -0.39 is 5.91 Å². The van der Waals surface area contributed by atoms with Gasteiger partial charge in [0, 0.05) is 12.2 Å². The lowest BCUT2D eigenvalue weighted by atomic mass is 10.1. The second-order valence-corrected chi connectivity index (χ2v) is 4.99. The zero-order valence-electron chi connectivity index (χ0n) is 12.0. The zero-order valence-corrected chi connectivity index (χ0v) is 12.0. The minimum atomic E-state index is -0.403. The molecule has 0 aliphatic heterocycles. The van der Waals surface area contributed by atoms with Crippen LogP contribution in [0.15, 0.2) is 41.3 Å². The first-order chi connectivity index (χ1) is 10.6. The van der Waals surface area contributed by atoms with Gasteiger partial charge in [-0.05, 0) is 18.9 Å². The van der Waals surface area contributed by atoms with Gasteiger partial charge in [-0.3, -0.25) is 9.59 Å². The second kappa shape index (κ2) is 5.80. The number of nitrogens with zero attached hydrogens (tertiary/aromatic N) is 3. The molecule has 0 unspecified atom stereocenters. The van der Waals surface area contributed by atoms with E-state index in [1.165, 1.54) is 4.52 Å². The second-order valence-electron chi connectivity index (χ2n) is 4.99. The Hall–Kier alpha value is -2.96. The van der Waals surface area contributed by atoms with Crippen LogP contribution in [0.1, 0.15) is 21.7 Å². The van der Waals surface area contributed by atoms with Crippen LogP contribution in [-0.2, 0) is 6.42 Å². The third kappa shape index (κ3) is 2.73. The number of carbonyl (C=O) groups excluding carboxylic acids is 1. The SMILES string of the molecule is Cc1cn2nnc(C(=O)NCCc3ccccc3)c2c(=O)[nH]1. The molecular weight excluding hydrogens is 282 g/mol. The van der Waals surface area contributed by atoms with Crippen molar-refractivity contribution in [2.24, 2.45) is 0 Å². The summed E-state index contributed by atoms with van der Waals surface area (Å²) in [7, 11) is 0. The van der Waals surface area contributed by atoms with E-state index in [9.17, 15) is 9.59 Å². The van der Waals surface area contributed by atoms with E-state index in [4.69, 9.17) is 0 Å². The smallest absolute Gasteiger partial charge is 0.276 e. The number of fused-ring (bicyclic) bond motifs is 1. The largest absolute Gasteiger partial charge is 0.350 e. The lowest BCUT2D eigenvalue weighted by molar-refractivity contribution is 0.0950. The van der Waals surface area contributed by atoms with Crippen molar-refractivity contribution in [2.75, 3.05) is 6.54 Å². The van der Waals surface area contributed by atoms with Crippen LogP contribution in [0.5, 0.6) is 0 Å². The summed E-state index contributed by atoms with van der Waals surface area (Å²) >= 11 is 0. The molecule has 112 valence electrons. The van der Waals surface area contributed by atoms with E-state index in [1.807, 2.05) is 30.3 Å². The van der Waals surface area contributed by atoms with Gasteiger partial charge in [0.25, 0.3) is 11.5 Å². The molecule has 0 saturated carbocycles. The van der Waals surface area contributed by atoms with Crippen LogP contribution in [-0.4, -0.2) is 32.3 Å². The average molecular weight is 297 g/mol. The molecule has 3 aromatic rings. The highest BCUT2D eigenvalue weighted by atomic mass is 16.2. The maximum Gasteiger partial charge on any atom is 0.276 e. The van der Waals surface area contributed by atoms with Crippen molar-refractivity contribution in [1.82, 2.24) is 25.1 Å². The van der Waals surface area contributed by atoms with Gasteiger partial charge in [0.05, 0.1) is 6.20 Å². The Morgan fingerprint density at radius 2 is 2.09 bits per heavy atom. The molecule has 1 aromatic carbocycles. The maximum absolute atomic E-state index is 12.2. The molecule has 3 rings (SSSR count). The summed E-state index contributed by atoms with van der Waals surface area (Å²) in [5.74, 6) is -0.403. The first-order valence-corrected chi connectivity index (χ1v) is 6.92. The van der Waals surface area contributed by atoms with Gasteiger partial charge in [0.2, 0.25) is 0 Å². The number of aromatic nitrogens is 4. The number of amides is 1. The first-order valence-electron chi connectivity index (χ1n) is 6.92. The van der Waals surface area contributed by atoms with Crippen molar-refractivity contribution in [3.8, 4) is 0 Å². The fourth-order valence-electron chi connectivity index (χ4n) is 2.25. The fraction of sp³-hybridized carbons (Fsp3) is 0.200. The molecular formula is C15H15N5O2. The molecule has 2 aromatic heterocycles. The lowest BCUT2D eigenvalue weighted by Gasteiger charge is -2.03. The third-order valence-corrected chi connectivity index (χ3v) is 3.29. The van der Waals surface area contributed by atoms with Gasteiger partial charge in [-0.1, -0.05) is 35.5 Å². The predicted molar refractivity (Wildman–Crippen MR) is 80.8 cm³/mol. The molecule has 0 spiro atoms. The fourth-order valence-corrected chi connectivity index (χ4v) is 2.25. The van der Waals surface area contributed by atoms with Crippen molar-refractivity contribution in [3.05, 3.63) is 63.8 Å². The highest BCUT2D eigenvalue weighted by Gasteiger charge is 2.17.